The van der Waals surface area contributed by atoms with Crippen molar-refractivity contribution < 1.29 is 9.59 Å². The third-order valence-electron chi connectivity index (χ3n) is 4.30. The van der Waals surface area contributed by atoms with E-state index in [4.69, 9.17) is 11.6 Å². The van der Waals surface area contributed by atoms with Gasteiger partial charge in [0.1, 0.15) is 5.82 Å². The number of benzene rings is 2. The van der Waals surface area contributed by atoms with Gasteiger partial charge in [-0.2, -0.15) is 0 Å². The summed E-state index contributed by atoms with van der Waals surface area (Å²) >= 11 is 7.51. The van der Waals surface area contributed by atoms with Gasteiger partial charge in [-0.25, -0.2) is 0 Å². The van der Waals surface area contributed by atoms with Gasteiger partial charge >= 0.3 is 0 Å². The van der Waals surface area contributed by atoms with Gasteiger partial charge in [0.25, 0.3) is 0 Å². The predicted molar refractivity (Wildman–Crippen MR) is 121 cm³/mol. The molecule has 0 radical (unpaired) electrons. The molecule has 0 unspecified atom stereocenters. The van der Waals surface area contributed by atoms with Gasteiger partial charge in [0.2, 0.25) is 11.8 Å². The molecule has 1 heterocycles. The molecule has 1 aromatic heterocycles. The van der Waals surface area contributed by atoms with Crippen LogP contribution in [0, 0.1) is 20.8 Å². The van der Waals surface area contributed by atoms with Crippen LogP contribution in [0.2, 0.25) is 5.02 Å². The molecule has 3 aromatic rings. The fourth-order valence-electron chi connectivity index (χ4n) is 2.89. The van der Waals surface area contributed by atoms with Gasteiger partial charge in [-0.15, -0.1) is 10.2 Å². The van der Waals surface area contributed by atoms with Gasteiger partial charge in [0.15, 0.2) is 5.16 Å². The molecule has 2 amide bonds. The smallest absolute Gasteiger partial charge is 0.234 e. The van der Waals surface area contributed by atoms with E-state index in [9.17, 15) is 9.59 Å². The van der Waals surface area contributed by atoms with Gasteiger partial charge < -0.3 is 10.6 Å². The first-order valence-electron chi connectivity index (χ1n) is 9.24. The molecule has 2 aromatic carbocycles. The molecule has 2 N–H and O–H groups in total. The van der Waals surface area contributed by atoms with Crippen molar-refractivity contribution in [2.24, 2.45) is 0 Å². The largest absolute Gasteiger partial charge is 0.326 e. The second kappa shape index (κ2) is 9.32. The first kappa shape index (κ1) is 21.9. The van der Waals surface area contributed by atoms with Crippen LogP contribution < -0.4 is 10.6 Å². The Kier molecular flexibility index (Phi) is 6.79. The number of carbonyl (C=O) groups excluding carboxylic acids is 2. The third-order valence-corrected chi connectivity index (χ3v) is 5.54. The van der Waals surface area contributed by atoms with Crippen LogP contribution in [-0.4, -0.2) is 32.3 Å². The maximum atomic E-state index is 12.5. The first-order valence-corrected chi connectivity index (χ1v) is 10.6. The zero-order chi connectivity index (χ0) is 21.8. The molecule has 9 heteroatoms. The summed E-state index contributed by atoms with van der Waals surface area (Å²) in [6, 6.07) is 11.1. The molecule has 0 aliphatic rings. The molecule has 30 heavy (non-hydrogen) atoms. The molecule has 0 aliphatic carbocycles. The highest BCUT2D eigenvalue weighted by atomic mass is 35.5. The van der Waals surface area contributed by atoms with E-state index in [-0.39, 0.29) is 17.6 Å². The Bertz CT molecular complexity index is 1110. The highest BCUT2D eigenvalue weighted by molar-refractivity contribution is 7.99. The van der Waals surface area contributed by atoms with E-state index in [0.29, 0.717) is 21.6 Å². The van der Waals surface area contributed by atoms with Crippen LogP contribution in [0.15, 0.2) is 41.6 Å². The van der Waals surface area contributed by atoms with Crippen molar-refractivity contribution >= 4 is 46.6 Å². The fourth-order valence-corrected chi connectivity index (χ4v) is 3.91. The maximum Gasteiger partial charge on any atom is 0.234 e. The Balaban J connectivity index is 1.70. The molecule has 0 atom stereocenters. The molecule has 156 valence electrons. The summed E-state index contributed by atoms with van der Waals surface area (Å²) in [5.41, 5.74) is 4.27. The monoisotopic (exact) mass is 443 g/mol. The second-order valence-corrected chi connectivity index (χ2v) is 8.22. The minimum Gasteiger partial charge on any atom is -0.326 e. The van der Waals surface area contributed by atoms with Gasteiger partial charge in [-0.1, -0.05) is 35.5 Å². The van der Waals surface area contributed by atoms with Crippen molar-refractivity contribution in [1.29, 1.82) is 0 Å². The SMILES string of the molecule is CC(=O)Nc1ccc(NC(=O)CSc2nnc(C)n2-c2cc(C)ccc2C)c(Cl)c1. The minimum atomic E-state index is -0.220. The third kappa shape index (κ3) is 5.20. The van der Waals surface area contributed by atoms with Crippen molar-refractivity contribution in [3.05, 3.63) is 58.4 Å². The number of hydrogen-bond donors (Lipinski definition) is 2. The molecular weight excluding hydrogens is 422 g/mol. The van der Waals surface area contributed by atoms with Crippen LogP contribution in [0.1, 0.15) is 23.9 Å². The number of hydrogen-bond acceptors (Lipinski definition) is 5. The normalized spacial score (nSPS) is 10.7. The molecule has 0 bridgehead atoms. The number of thioether (sulfide) groups is 1. The average Bonchev–Trinajstić information content (AvgIpc) is 3.04. The Hall–Kier alpha value is -2.84. The van der Waals surface area contributed by atoms with E-state index < -0.39 is 0 Å². The van der Waals surface area contributed by atoms with E-state index in [1.54, 1.807) is 18.2 Å². The van der Waals surface area contributed by atoms with E-state index in [0.717, 1.165) is 22.6 Å². The molecule has 3 rings (SSSR count). The van der Waals surface area contributed by atoms with Crippen molar-refractivity contribution in [3.8, 4) is 5.69 Å². The standard InChI is InChI=1S/C21H22ClN5O2S/c1-12-5-6-13(2)19(9-12)27-14(3)25-26-21(27)30-11-20(29)24-18-8-7-16(10-17(18)22)23-15(4)28/h5-10H,11H2,1-4H3,(H,23,28)(H,24,29). The minimum absolute atomic E-state index is 0.146. The number of aryl methyl sites for hydroxylation is 3. The van der Waals surface area contributed by atoms with E-state index in [1.165, 1.54) is 18.7 Å². The van der Waals surface area contributed by atoms with Crippen molar-refractivity contribution in [2.45, 2.75) is 32.9 Å². The number of amides is 2. The molecular formula is C21H22ClN5O2S. The zero-order valence-corrected chi connectivity index (χ0v) is 18.7. The van der Waals surface area contributed by atoms with Crippen LogP contribution in [0.25, 0.3) is 5.69 Å². The summed E-state index contributed by atoms with van der Waals surface area (Å²) in [6.07, 6.45) is 0. The molecule has 0 spiro atoms. The average molecular weight is 444 g/mol. The number of nitrogens with zero attached hydrogens (tertiary/aromatic N) is 3. The summed E-state index contributed by atoms with van der Waals surface area (Å²) in [6.45, 7) is 7.36. The van der Waals surface area contributed by atoms with Gasteiger partial charge in [0, 0.05) is 12.6 Å². The van der Waals surface area contributed by atoms with Crippen LogP contribution in [0.5, 0.6) is 0 Å². The first-order chi connectivity index (χ1) is 14.2. The zero-order valence-electron chi connectivity index (χ0n) is 17.1. The number of anilines is 2. The highest BCUT2D eigenvalue weighted by Gasteiger charge is 2.16. The lowest BCUT2D eigenvalue weighted by molar-refractivity contribution is -0.114. The fraction of sp³-hybridized carbons (Fsp3) is 0.238. The number of nitrogens with one attached hydrogen (secondary N) is 2. The molecule has 7 nitrogen and oxygen atoms in total. The second-order valence-electron chi connectivity index (χ2n) is 6.87. The van der Waals surface area contributed by atoms with Gasteiger partial charge in [0.05, 0.1) is 22.2 Å². The lowest BCUT2D eigenvalue weighted by atomic mass is 10.1. The highest BCUT2D eigenvalue weighted by Crippen LogP contribution is 2.27. The number of aromatic nitrogens is 3. The Morgan fingerprint density at radius 3 is 2.53 bits per heavy atom. The summed E-state index contributed by atoms with van der Waals surface area (Å²) in [7, 11) is 0. The van der Waals surface area contributed by atoms with E-state index in [1.807, 2.05) is 25.3 Å². The molecule has 0 saturated heterocycles. The Labute approximate surface area is 184 Å². The molecule has 0 saturated carbocycles. The quantitative estimate of drug-likeness (QED) is 0.546. The summed E-state index contributed by atoms with van der Waals surface area (Å²) in [4.78, 5) is 23.6. The van der Waals surface area contributed by atoms with Gasteiger partial charge in [-0.3, -0.25) is 14.2 Å². The number of rotatable bonds is 6. The van der Waals surface area contributed by atoms with Crippen LogP contribution in [0.4, 0.5) is 11.4 Å². The lowest BCUT2D eigenvalue weighted by Crippen LogP contribution is -2.15. The number of carbonyl (C=O) groups is 2. The topological polar surface area (TPSA) is 88.9 Å². The lowest BCUT2D eigenvalue weighted by Gasteiger charge is -2.12. The maximum absolute atomic E-state index is 12.5. The van der Waals surface area contributed by atoms with Crippen molar-refractivity contribution in [1.82, 2.24) is 14.8 Å². The van der Waals surface area contributed by atoms with Crippen LogP contribution in [0.3, 0.4) is 0 Å². The van der Waals surface area contributed by atoms with Gasteiger partial charge in [-0.05, 0) is 56.2 Å². The van der Waals surface area contributed by atoms with E-state index in [2.05, 4.69) is 39.0 Å². The Morgan fingerprint density at radius 1 is 1.07 bits per heavy atom. The van der Waals surface area contributed by atoms with E-state index >= 15 is 0 Å². The number of halogens is 1. The Morgan fingerprint density at radius 2 is 1.83 bits per heavy atom. The molecule has 0 aliphatic heterocycles. The van der Waals surface area contributed by atoms with Crippen LogP contribution >= 0.6 is 23.4 Å². The predicted octanol–water partition coefficient (Wildman–Crippen LogP) is 4.54. The molecule has 0 fully saturated rings. The van der Waals surface area contributed by atoms with Crippen molar-refractivity contribution in [3.63, 3.8) is 0 Å². The van der Waals surface area contributed by atoms with Crippen molar-refractivity contribution in [2.75, 3.05) is 16.4 Å². The summed E-state index contributed by atoms with van der Waals surface area (Å²) in [5, 5.41) is 14.8. The summed E-state index contributed by atoms with van der Waals surface area (Å²) < 4.78 is 1.95. The van der Waals surface area contributed by atoms with Crippen LogP contribution in [-0.2, 0) is 9.59 Å². The summed E-state index contributed by atoms with van der Waals surface area (Å²) in [5.74, 6) is 0.486.